The van der Waals surface area contributed by atoms with E-state index in [0.29, 0.717) is 45.7 Å². The summed E-state index contributed by atoms with van der Waals surface area (Å²) >= 11 is 6.32. The summed E-state index contributed by atoms with van der Waals surface area (Å²) < 4.78 is 6.17. The normalized spacial score (nSPS) is 21.9. The molecule has 4 amide bonds. The number of hydrogen-bond donors (Lipinski definition) is 1. The molecular weight excluding hydrogens is 866 g/mol. The van der Waals surface area contributed by atoms with Crippen molar-refractivity contribution < 1.29 is 23.9 Å². The molecule has 1 atom stereocenters. The van der Waals surface area contributed by atoms with Crippen LogP contribution in [0.25, 0.3) is 0 Å². The highest BCUT2D eigenvalue weighted by molar-refractivity contribution is 6.30. The molecule has 0 radical (unpaired) electrons. The van der Waals surface area contributed by atoms with E-state index in [9.17, 15) is 24.4 Å². The summed E-state index contributed by atoms with van der Waals surface area (Å²) in [4.78, 5) is 71.9. The number of piperidine rings is 2. The van der Waals surface area contributed by atoms with E-state index in [-0.39, 0.29) is 24.2 Å². The van der Waals surface area contributed by atoms with Crippen LogP contribution in [0.2, 0.25) is 5.02 Å². The van der Waals surface area contributed by atoms with Crippen LogP contribution >= 0.6 is 11.6 Å². The lowest BCUT2D eigenvalue weighted by Gasteiger charge is -2.54. The number of ether oxygens (including phenoxy) is 1. The van der Waals surface area contributed by atoms with Crippen LogP contribution in [0, 0.1) is 22.7 Å². The van der Waals surface area contributed by atoms with Gasteiger partial charge in [0.1, 0.15) is 18.4 Å². The number of likely N-dealkylation sites (tertiary alicyclic amines) is 1. The molecule has 14 nitrogen and oxygen atoms in total. The Morgan fingerprint density at radius 2 is 1.60 bits per heavy atom. The minimum atomic E-state index is -0.968. The van der Waals surface area contributed by atoms with Crippen molar-refractivity contribution in [2.75, 3.05) is 68.7 Å². The van der Waals surface area contributed by atoms with Gasteiger partial charge in [-0.15, -0.1) is 0 Å². The van der Waals surface area contributed by atoms with Crippen LogP contribution in [0.4, 0.5) is 11.6 Å². The predicted molar refractivity (Wildman–Crippen MR) is 254 cm³/mol. The second-order valence-electron chi connectivity index (χ2n) is 20.1. The van der Waals surface area contributed by atoms with Gasteiger partial charge in [-0.25, -0.2) is 9.97 Å². The van der Waals surface area contributed by atoms with E-state index in [4.69, 9.17) is 21.3 Å². The van der Waals surface area contributed by atoms with Crippen molar-refractivity contribution in [1.29, 1.82) is 5.26 Å². The van der Waals surface area contributed by atoms with Crippen molar-refractivity contribution in [2.24, 2.45) is 11.3 Å². The smallest absolute Gasteiger partial charge is 0.264 e. The Bertz CT molecular complexity index is 2600. The van der Waals surface area contributed by atoms with Crippen LogP contribution < -0.4 is 19.9 Å². The minimum absolute atomic E-state index is 0.102. The molecule has 6 heterocycles. The number of fused-ring (bicyclic) bond motifs is 1. The van der Waals surface area contributed by atoms with E-state index in [1.807, 2.05) is 48.7 Å². The molecule has 1 spiro atoms. The van der Waals surface area contributed by atoms with E-state index < -0.39 is 23.8 Å². The summed E-state index contributed by atoms with van der Waals surface area (Å²) in [6.07, 6.45) is 9.48. The first-order valence-corrected chi connectivity index (χ1v) is 24.3. The minimum Gasteiger partial charge on any atom is -0.487 e. The van der Waals surface area contributed by atoms with E-state index in [1.165, 1.54) is 38.5 Å². The van der Waals surface area contributed by atoms with Crippen molar-refractivity contribution in [2.45, 2.75) is 89.3 Å². The van der Waals surface area contributed by atoms with Gasteiger partial charge < -0.3 is 19.4 Å². The lowest BCUT2D eigenvalue weighted by molar-refractivity contribution is -0.136. The molecule has 4 aromatic rings. The van der Waals surface area contributed by atoms with Crippen LogP contribution in [0.3, 0.4) is 0 Å². The third-order valence-electron chi connectivity index (χ3n) is 15.6. The Kier molecular flexibility index (Phi) is 12.3. The third-order valence-corrected chi connectivity index (χ3v) is 15.8. The van der Waals surface area contributed by atoms with Crippen molar-refractivity contribution in [3.8, 4) is 11.8 Å². The van der Waals surface area contributed by atoms with Gasteiger partial charge in [0, 0.05) is 80.3 Å². The summed E-state index contributed by atoms with van der Waals surface area (Å²) in [7, 11) is 0. The van der Waals surface area contributed by atoms with Gasteiger partial charge in [-0.05, 0) is 124 Å². The summed E-state index contributed by atoms with van der Waals surface area (Å²) in [5, 5.41) is 12.3. The zero-order chi connectivity index (χ0) is 46.5. The fraction of sp³-hybridized carbons (Fsp3) is 0.481. The Morgan fingerprint density at radius 1 is 0.851 bits per heavy atom. The van der Waals surface area contributed by atoms with Gasteiger partial charge in [0.05, 0.1) is 34.1 Å². The molecule has 5 fully saturated rings. The number of halogens is 1. The number of aromatic nitrogens is 2. The van der Waals surface area contributed by atoms with E-state index in [1.54, 1.807) is 12.1 Å². The highest BCUT2D eigenvalue weighted by Crippen LogP contribution is 2.46. The number of imide groups is 2. The van der Waals surface area contributed by atoms with Gasteiger partial charge in [0.15, 0.2) is 0 Å². The molecule has 348 valence electrons. The molecule has 6 aliphatic rings. The van der Waals surface area contributed by atoms with Crippen molar-refractivity contribution >= 4 is 46.9 Å². The molecule has 1 saturated carbocycles. The van der Waals surface area contributed by atoms with Crippen LogP contribution in [0.1, 0.15) is 108 Å². The largest absolute Gasteiger partial charge is 0.487 e. The molecule has 1 aliphatic carbocycles. The number of nitrogens with zero attached hydrogens (tertiary/aromatic N) is 8. The molecule has 4 saturated heterocycles. The van der Waals surface area contributed by atoms with Crippen LogP contribution in [-0.4, -0.2) is 119 Å². The third kappa shape index (κ3) is 9.01. The Labute approximate surface area is 397 Å². The summed E-state index contributed by atoms with van der Waals surface area (Å²) in [6.45, 7) is 13.3. The molecule has 5 aliphatic heterocycles. The maximum absolute atomic E-state index is 13.7. The maximum Gasteiger partial charge on any atom is 0.264 e. The van der Waals surface area contributed by atoms with Crippen molar-refractivity contribution in [3.63, 3.8) is 0 Å². The van der Waals surface area contributed by atoms with Crippen LogP contribution in [0.5, 0.6) is 5.75 Å². The fourth-order valence-corrected chi connectivity index (χ4v) is 11.8. The van der Waals surface area contributed by atoms with E-state index in [2.05, 4.69) is 61.9 Å². The topological polar surface area (TPSA) is 155 Å². The first-order valence-electron chi connectivity index (χ1n) is 23.9. The molecule has 1 aromatic heterocycles. The maximum atomic E-state index is 13.7. The van der Waals surface area contributed by atoms with Crippen molar-refractivity contribution in [3.05, 3.63) is 111 Å². The van der Waals surface area contributed by atoms with Gasteiger partial charge in [0.25, 0.3) is 11.8 Å². The molecule has 67 heavy (non-hydrogen) atoms. The van der Waals surface area contributed by atoms with Gasteiger partial charge in [0.2, 0.25) is 17.8 Å². The van der Waals surface area contributed by atoms with Gasteiger partial charge in [-0.2, -0.15) is 5.26 Å². The highest BCUT2D eigenvalue weighted by Gasteiger charge is 2.48. The summed E-state index contributed by atoms with van der Waals surface area (Å²) in [5.41, 5.74) is 4.93. The van der Waals surface area contributed by atoms with Crippen LogP contribution in [-0.2, 0) is 21.6 Å². The zero-order valence-corrected chi connectivity index (χ0v) is 39.1. The van der Waals surface area contributed by atoms with Gasteiger partial charge >= 0.3 is 0 Å². The first-order chi connectivity index (χ1) is 32.4. The number of hydrogen-bond acceptors (Lipinski definition) is 12. The number of nitrogens with one attached hydrogen (secondary N) is 1. The molecule has 1 unspecified atom stereocenters. The average molecular weight is 925 g/mol. The molecule has 1 N–H and O–H groups in total. The number of nitriles is 1. The number of amides is 4. The van der Waals surface area contributed by atoms with Crippen molar-refractivity contribution in [1.82, 2.24) is 30.0 Å². The van der Waals surface area contributed by atoms with Gasteiger partial charge in [-0.3, -0.25) is 34.3 Å². The number of piperazine rings is 1. The average Bonchev–Trinajstić information content (AvgIpc) is 3.59. The number of anilines is 2. The Hall–Kier alpha value is -5.88. The number of rotatable bonds is 11. The molecule has 3 aromatic carbocycles. The molecule has 0 bridgehead atoms. The number of benzene rings is 3. The van der Waals surface area contributed by atoms with E-state index in [0.717, 1.165) is 98.0 Å². The second kappa shape index (κ2) is 18.3. The quantitative estimate of drug-likeness (QED) is 0.162. The number of carbonyl (C=O) groups excluding carboxylic acids is 4. The van der Waals surface area contributed by atoms with E-state index >= 15 is 0 Å². The first kappa shape index (κ1) is 44.9. The highest BCUT2D eigenvalue weighted by atomic mass is 35.5. The monoisotopic (exact) mass is 923 g/mol. The van der Waals surface area contributed by atoms with Gasteiger partial charge in [-0.1, -0.05) is 43.6 Å². The second-order valence-corrected chi connectivity index (χ2v) is 20.6. The lowest BCUT2D eigenvalue weighted by atomic mass is 9.67. The summed E-state index contributed by atoms with van der Waals surface area (Å²) in [5.74, 6) is 0.326. The van der Waals surface area contributed by atoms with Crippen LogP contribution in [0.15, 0.2) is 72.9 Å². The zero-order valence-electron chi connectivity index (χ0n) is 38.4. The molecule has 15 heteroatoms. The lowest BCUT2D eigenvalue weighted by Crippen LogP contribution is -2.59. The molecule has 10 rings (SSSR count). The summed E-state index contributed by atoms with van der Waals surface area (Å²) in [6, 6.07) is 22.8. The molecular formula is C52H58ClN9O5. The number of carbonyl (C=O) groups is 4. The standard InChI is InChI=1S/C52H58ClN9O5/c1-51(2,37-26-35(29-54)27-38(53)28-37)36-6-8-41(9-7-36)67-31-39-14-19-55-50(56-39)61-32-52(33-61)17-12-40(13-18-52)59-20-15-34(16-21-59)30-58-22-24-60(25-23-58)43-5-3-4-42-46(43)49(66)62(48(42)65)44-10-11-45(63)57-47(44)64/h3-9,14,19,26-28,34,40,44H,10-13,15-18,20-25,30-33H2,1-2H3,(H,57,63,64). The SMILES string of the molecule is CC(C)(c1ccc(OCc2ccnc(N3CC4(CCC(N5CCC(CN6CCN(c7cccc8c7C(=O)N(C7CCC(=O)NC7=O)C8=O)CC6)CC5)CC4)C3)n2)cc1)c1cc(Cl)cc(C#N)c1. The Morgan fingerprint density at radius 3 is 2.31 bits per heavy atom. The predicted octanol–water partition coefficient (Wildman–Crippen LogP) is 6.59. The fourth-order valence-electron chi connectivity index (χ4n) is 11.5. The Balaban J connectivity index is 0.647.